The Balaban J connectivity index is 1.56. The van der Waals surface area contributed by atoms with Crippen LogP contribution in [-0.4, -0.2) is 92.9 Å². The topological polar surface area (TPSA) is 232 Å². The standard InChI is InChI=1S/C24H29BN5O10P/c26-9-2-10-29-11-12-30(24(29)35)23(34)28-19(14-5-7-16(8-6-14)41(37,38)39)21(31)27-18-13-15-3-1-4-17(22(32)33)20(15)40-25(18)36/h1,3-8,18-19,36H,2,9-13,26H2,(H,27,31)(H,28,34)(H,32,33)(H2,37,38,39)/t18-,19?/m0/s1. The van der Waals surface area contributed by atoms with Gasteiger partial charge in [0.05, 0.1) is 16.8 Å². The summed E-state index contributed by atoms with van der Waals surface area (Å²) in [6.07, 6.45) is 0.545. The second-order valence-corrected chi connectivity index (χ2v) is 11.1. The number of carbonyl (C=O) groups is 4. The SMILES string of the molecule is NCCCN1CCN(C(=O)NC(C(=O)N[C@H]2Cc3cccc(C(=O)O)c3OB2O)c2ccc(P(=O)(O)O)cc2)C1=O. The number of hydrogen-bond acceptors (Lipinski definition) is 8. The van der Waals surface area contributed by atoms with Crippen molar-refractivity contribution in [3.63, 3.8) is 0 Å². The molecule has 2 atom stereocenters. The fourth-order valence-electron chi connectivity index (χ4n) is 4.61. The fourth-order valence-corrected chi connectivity index (χ4v) is 5.14. The number of fused-ring (bicyclic) bond motifs is 1. The van der Waals surface area contributed by atoms with Gasteiger partial charge in [0.15, 0.2) is 0 Å². The van der Waals surface area contributed by atoms with Crippen LogP contribution < -0.4 is 26.3 Å². The molecule has 8 N–H and O–H groups in total. The first kappa shape index (κ1) is 30.0. The molecule has 0 saturated carbocycles. The number of rotatable bonds is 9. The van der Waals surface area contributed by atoms with Gasteiger partial charge in [0.1, 0.15) is 11.8 Å². The van der Waals surface area contributed by atoms with Crippen LogP contribution in [0.3, 0.4) is 0 Å². The highest BCUT2D eigenvalue weighted by atomic mass is 31.2. The maximum atomic E-state index is 13.5. The normalized spacial score (nSPS) is 17.5. The van der Waals surface area contributed by atoms with Gasteiger partial charge >= 0.3 is 32.7 Å². The number of benzene rings is 2. The summed E-state index contributed by atoms with van der Waals surface area (Å²) in [5.41, 5.74) is 5.91. The van der Waals surface area contributed by atoms with Crippen molar-refractivity contribution in [1.29, 1.82) is 0 Å². The van der Waals surface area contributed by atoms with Crippen molar-refractivity contribution in [2.45, 2.75) is 24.8 Å². The minimum atomic E-state index is -4.59. The van der Waals surface area contributed by atoms with Crippen LogP contribution in [-0.2, 0) is 15.8 Å². The van der Waals surface area contributed by atoms with E-state index in [0.29, 0.717) is 25.1 Å². The molecule has 0 bridgehead atoms. The number of carboxylic acid groups (broad SMARTS) is 1. The first-order valence-corrected chi connectivity index (χ1v) is 14.2. The summed E-state index contributed by atoms with van der Waals surface area (Å²) >= 11 is 0. The maximum absolute atomic E-state index is 13.5. The molecule has 0 radical (unpaired) electrons. The summed E-state index contributed by atoms with van der Waals surface area (Å²) < 4.78 is 17.0. The summed E-state index contributed by atoms with van der Waals surface area (Å²) in [4.78, 5) is 72.1. The van der Waals surface area contributed by atoms with Gasteiger partial charge in [-0.25, -0.2) is 19.3 Å². The minimum Gasteiger partial charge on any atom is -0.534 e. The Morgan fingerprint density at radius 2 is 1.85 bits per heavy atom. The van der Waals surface area contributed by atoms with Crippen molar-refractivity contribution in [1.82, 2.24) is 20.4 Å². The zero-order chi connectivity index (χ0) is 29.9. The lowest BCUT2D eigenvalue weighted by Crippen LogP contribution is -2.56. The molecule has 5 amide bonds. The van der Waals surface area contributed by atoms with E-state index in [1.54, 1.807) is 6.07 Å². The average Bonchev–Trinajstić information content (AvgIpc) is 3.29. The Bertz CT molecular complexity index is 1390. The van der Waals surface area contributed by atoms with Crippen molar-refractivity contribution in [2.75, 3.05) is 26.2 Å². The molecule has 15 nitrogen and oxygen atoms in total. The number of para-hydroxylation sites is 1. The molecule has 1 unspecified atom stereocenters. The molecule has 0 spiro atoms. The number of hydrogen-bond donors (Lipinski definition) is 7. The van der Waals surface area contributed by atoms with E-state index in [9.17, 15) is 43.7 Å². The molecular weight excluding hydrogens is 560 g/mol. The van der Waals surface area contributed by atoms with Crippen LogP contribution >= 0.6 is 7.60 Å². The summed E-state index contributed by atoms with van der Waals surface area (Å²) in [5, 5.41) is 24.7. The van der Waals surface area contributed by atoms with Crippen LogP contribution in [0.1, 0.15) is 33.9 Å². The van der Waals surface area contributed by atoms with Crippen molar-refractivity contribution in [3.8, 4) is 5.75 Å². The number of nitrogens with zero attached hydrogens (tertiary/aromatic N) is 2. The van der Waals surface area contributed by atoms with Crippen molar-refractivity contribution in [2.24, 2.45) is 5.73 Å². The molecule has 2 aliphatic heterocycles. The average molecular weight is 589 g/mol. The number of nitrogens with two attached hydrogens (primary N) is 1. The van der Waals surface area contributed by atoms with Crippen molar-refractivity contribution in [3.05, 3.63) is 59.2 Å². The lowest BCUT2D eigenvalue weighted by atomic mass is 9.72. The highest BCUT2D eigenvalue weighted by Crippen LogP contribution is 2.33. The van der Waals surface area contributed by atoms with E-state index in [1.165, 1.54) is 29.2 Å². The van der Waals surface area contributed by atoms with Gasteiger partial charge in [-0.05, 0) is 48.7 Å². The van der Waals surface area contributed by atoms with Crippen LogP contribution in [0.2, 0.25) is 0 Å². The van der Waals surface area contributed by atoms with E-state index in [2.05, 4.69) is 10.6 Å². The van der Waals surface area contributed by atoms with Crippen molar-refractivity contribution < 1.29 is 48.3 Å². The number of carboxylic acids is 1. The predicted octanol–water partition coefficient (Wildman–Crippen LogP) is -0.835. The zero-order valence-corrected chi connectivity index (χ0v) is 22.6. The Hall–Kier alpha value is -3.95. The lowest BCUT2D eigenvalue weighted by molar-refractivity contribution is -0.123. The monoisotopic (exact) mass is 589 g/mol. The number of imide groups is 1. The summed E-state index contributed by atoms with van der Waals surface area (Å²) in [6, 6.07) is 6.24. The molecule has 41 heavy (non-hydrogen) atoms. The van der Waals surface area contributed by atoms with E-state index in [0.717, 1.165) is 17.0 Å². The molecular formula is C24H29BN5O10P. The summed E-state index contributed by atoms with van der Waals surface area (Å²) in [5.74, 6) is -3.15. The first-order valence-electron chi connectivity index (χ1n) is 12.6. The third-order valence-corrected chi connectivity index (χ3v) is 7.71. The molecule has 1 fully saturated rings. The van der Waals surface area contributed by atoms with Gasteiger partial charge in [-0.15, -0.1) is 0 Å². The van der Waals surface area contributed by atoms with E-state index < -0.39 is 50.6 Å². The van der Waals surface area contributed by atoms with Gasteiger partial charge in [-0.3, -0.25) is 9.36 Å². The van der Waals surface area contributed by atoms with Crippen LogP contribution in [0.15, 0.2) is 42.5 Å². The maximum Gasteiger partial charge on any atom is 0.547 e. The number of carbonyl (C=O) groups excluding carboxylic acids is 3. The van der Waals surface area contributed by atoms with E-state index in [1.807, 2.05) is 0 Å². The fraction of sp³-hybridized carbons (Fsp3) is 0.333. The summed E-state index contributed by atoms with van der Waals surface area (Å²) in [7, 11) is -6.22. The largest absolute Gasteiger partial charge is 0.547 e. The number of amides is 5. The third kappa shape index (κ3) is 6.69. The quantitative estimate of drug-likeness (QED) is 0.141. The van der Waals surface area contributed by atoms with Crippen LogP contribution in [0.4, 0.5) is 9.59 Å². The lowest BCUT2D eigenvalue weighted by Gasteiger charge is -2.30. The molecule has 0 aliphatic carbocycles. The third-order valence-electron chi connectivity index (χ3n) is 6.74. The molecule has 218 valence electrons. The van der Waals surface area contributed by atoms with Gasteiger partial charge in [0, 0.05) is 19.6 Å². The molecule has 4 rings (SSSR count). The predicted molar refractivity (Wildman–Crippen MR) is 144 cm³/mol. The molecule has 2 aromatic carbocycles. The number of urea groups is 2. The van der Waals surface area contributed by atoms with Crippen molar-refractivity contribution >= 4 is 44.0 Å². The van der Waals surface area contributed by atoms with Crippen LogP contribution in [0.5, 0.6) is 5.75 Å². The summed E-state index contributed by atoms with van der Waals surface area (Å²) in [6.45, 7) is 1.07. The van der Waals surface area contributed by atoms with E-state index in [4.69, 9.17) is 10.4 Å². The number of nitrogens with one attached hydrogen (secondary N) is 2. The smallest absolute Gasteiger partial charge is 0.534 e. The molecule has 2 aliphatic rings. The first-order chi connectivity index (χ1) is 19.4. The molecule has 1 saturated heterocycles. The Labute approximate surface area is 234 Å². The van der Waals surface area contributed by atoms with E-state index in [-0.39, 0.29) is 41.7 Å². The Morgan fingerprint density at radius 1 is 1.15 bits per heavy atom. The Kier molecular flexibility index (Phi) is 9.00. The molecule has 0 aromatic heterocycles. The molecule has 17 heteroatoms. The Morgan fingerprint density at radius 3 is 2.49 bits per heavy atom. The molecule has 2 heterocycles. The highest BCUT2D eigenvalue weighted by Gasteiger charge is 2.40. The van der Waals surface area contributed by atoms with Crippen LogP contribution in [0.25, 0.3) is 0 Å². The molecule has 2 aromatic rings. The van der Waals surface area contributed by atoms with Gasteiger partial charge in [-0.2, -0.15) is 0 Å². The second-order valence-electron chi connectivity index (χ2n) is 9.51. The number of aromatic carboxylic acids is 1. The zero-order valence-electron chi connectivity index (χ0n) is 21.7. The van der Waals surface area contributed by atoms with Crippen LogP contribution in [0, 0.1) is 0 Å². The second kappa shape index (κ2) is 12.3. The van der Waals surface area contributed by atoms with Gasteiger partial charge in [0.2, 0.25) is 5.91 Å². The van der Waals surface area contributed by atoms with Gasteiger partial charge < -0.3 is 45.8 Å². The van der Waals surface area contributed by atoms with Gasteiger partial charge in [0.25, 0.3) is 0 Å². The highest BCUT2D eigenvalue weighted by molar-refractivity contribution is 7.60. The van der Waals surface area contributed by atoms with E-state index >= 15 is 0 Å². The minimum absolute atomic E-state index is 0.00187. The van der Waals surface area contributed by atoms with Gasteiger partial charge in [-0.1, -0.05) is 24.3 Å².